The third-order valence-electron chi connectivity index (χ3n) is 2.46. The van der Waals surface area contributed by atoms with Crippen LogP contribution in [0.2, 0.25) is 0 Å². The summed E-state index contributed by atoms with van der Waals surface area (Å²) in [7, 11) is -3.67. The quantitative estimate of drug-likeness (QED) is 0.832. The van der Waals surface area contributed by atoms with Crippen LogP contribution in [0.4, 0.5) is 5.69 Å². The Labute approximate surface area is 101 Å². The minimum Gasteiger partial charge on any atom is -0.382 e. The fraction of sp³-hybridized carbons (Fsp3) is 0.364. The van der Waals surface area contributed by atoms with Gasteiger partial charge in [0.05, 0.1) is 5.69 Å². The fourth-order valence-corrected chi connectivity index (χ4v) is 2.69. The van der Waals surface area contributed by atoms with Gasteiger partial charge in [-0.15, -0.1) is 4.40 Å². The number of amidine groups is 1. The predicted molar refractivity (Wildman–Crippen MR) is 68.3 cm³/mol. The van der Waals surface area contributed by atoms with E-state index in [0.717, 1.165) is 12.0 Å². The maximum atomic E-state index is 11.3. The SMILES string of the molecule is CC(C)Cc1ccc2c(c1)C(N)=NS(=O)(=O)N2. The molecule has 0 unspecified atom stereocenters. The Morgan fingerprint density at radius 3 is 2.76 bits per heavy atom. The summed E-state index contributed by atoms with van der Waals surface area (Å²) in [6.45, 7) is 4.25. The minimum absolute atomic E-state index is 0.0457. The molecule has 0 amide bonds. The van der Waals surface area contributed by atoms with E-state index >= 15 is 0 Å². The zero-order chi connectivity index (χ0) is 12.6. The molecule has 17 heavy (non-hydrogen) atoms. The van der Waals surface area contributed by atoms with Crippen molar-refractivity contribution in [3.8, 4) is 0 Å². The van der Waals surface area contributed by atoms with Gasteiger partial charge in [-0.1, -0.05) is 19.9 Å². The van der Waals surface area contributed by atoms with Gasteiger partial charge in [-0.3, -0.25) is 4.72 Å². The van der Waals surface area contributed by atoms with Crippen molar-refractivity contribution in [2.24, 2.45) is 16.0 Å². The van der Waals surface area contributed by atoms with Crippen molar-refractivity contribution < 1.29 is 8.42 Å². The van der Waals surface area contributed by atoms with Gasteiger partial charge in [0.1, 0.15) is 5.84 Å². The van der Waals surface area contributed by atoms with Crippen LogP contribution in [0, 0.1) is 5.92 Å². The van der Waals surface area contributed by atoms with Crippen molar-refractivity contribution in [2.75, 3.05) is 4.72 Å². The van der Waals surface area contributed by atoms with Crippen molar-refractivity contribution in [1.29, 1.82) is 0 Å². The molecule has 5 nitrogen and oxygen atoms in total. The molecular formula is C11H15N3O2S. The molecule has 0 fully saturated rings. The number of hydrogen-bond acceptors (Lipinski definition) is 3. The summed E-state index contributed by atoms with van der Waals surface area (Å²) < 4.78 is 28.4. The Bertz CT molecular complexity index is 576. The molecule has 1 heterocycles. The normalized spacial score (nSPS) is 17.2. The van der Waals surface area contributed by atoms with Gasteiger partial charge < -0.3 is 5.73 Å². The third-order valence-corrected chi connectivity index (χ3v) is 3.38. The van der Waals surface area contributed by atoms with E-state index in [4.69, 9.17) is 5.73 Å². The molecule has 1 aromatic rings. The molecule has 0 aliphatic carbocycles. The Hall–Kier alpha value is -1.56. The molecule has 92 valence electrons. The van der Waals surface area contributed by atoms with E-state index in [-0.39, 0.29) is 5.84 Å². The van der Waals surface area contributed by atoms with Crippen molar-refractivity contribution >= 4 is 21.7 Å². The average Bonchev–Trinajstić information content (AvgIpc) is 2.16. The molecule has 0 radical (unpaired) electrons. The highest BCUT2D eigenvalue weighted by atomic mass is 32.2. The van der Waals surface area contributed by atoms with Crippen molar-refractivity contribution in [1.82, 2.24) is 0 Å². The lowest BCUT2D eigenvalue weighted by Crippen LogP contribution is -2.26. The lowest BCUT2D eigenvalue weighted by molar-refractivity contribution is 0.602. The molecule has 1 aliphatic heterocycles. The summed E-state index contributed by atoms with van der Waals surface area (Å²) >= 11 is 0. The first-order chi connectivity index (χ1) is 7.87. The van der Waals surface area contributed by atoms with Gasteiger partial charge in [0, 0.05) is 5.56 Å². The lowest BCUT2D eigenvalue weighted by atomic mass is 10.00. The van der Waals surface area contributed by atoms with Gasteiger partial charge >= 0.3 is 10.2 Å². The third kappa shape index (κ3) is 2.58. The van der Waals surface area contributed by atoms with Crippen LogP contribution in [-0.4, -0.2) is 14.3 Å². The number of nitrogens with one attached hydrogen (secondary N) is 1. The summed E-state index contributed by atoms with van der Waals surface area (Å²) in [6, 6.07) is 5.52. The van der Waals surface area contributed by atoms with Gasteiger partial charge in [0.15, 0.2) is 0 Å². The summed E-state index contributed by atoms with van der Waals surface area (Å²) in [5, 5.41) is 0. The standard InChI is InChI=1S/C11H15N3O2S/c1-7(2)5-8-3-4-10-9(6-8)11(12)14-17(15,16)13-10/h3-4,6-7,13H,5H2,1-2H3,(H2,12,14). The van der Waals surface area contributed by atoms with E-state index in [0.29, 0.717) is 17.2 Å². The van der Waals surface area contributed by atoms with Crippen molar-refractivity contribution in [2.45, 2.75) is 20.3 Å². The van der Waals surface area contributed by atoms with Gasteiger partial charge in [0.2, 0.25) is 0 Å². The van der Waals surface area contributed by atoms with E-state index < -0.39 is 10.2 Å². The predicted octanol–water partition coefficient (Wildman–Crippen LogP) is 1.26. The summed E-state index contributed by atoms with van der Waals surface area (Å²) in [4.78, 5) is 0. The molecule has 3 N–H and O–H groups in total. The second kappa shape index (κ2) is 4.03. The van der Waals surface area contributed by atoms with Gasteiger partial charge in [-0.2, -0.15) is 8.42 Å². The van der Waals surface area contributed by atoms with E-state index in [2.05, 4.69) is 23.0 Å². The van der Waals surface area contributed by atoms with Gasteiger partial charge in [-0.25, -0.2) is 0 Å². The largest absolute Gasteiger partial charge is 0.382 e. The summed E-state index contributed by atoms with van der Waals surface area (Å²) in [5.74, 6) is 0.579. The maximum Gasteiger partial charge on any atom is 0.344 e. The highest BCUT2D eigenvalue weighted by Gasteiger charge is 2.20. The minimum atomic E-state index is -3.67. The number of benzene rings is 1. The van der Waals surface area contributed by atoms with E-state index in [1.54, 1.807) is 6.07 Å². The number of nitrogens with zero attached hydrogens (tertiary/aromatic N) is 1. The van der Waals surface area contributed by atoms with Gasteiger partial charge in [-0.05, 0) is 30.0 Å². The van der Waals surface area contributed by atoms with Crippen LogP contribution < -0.4 is 10.5 Å². The van der Waals surface area contributed by atoms with E-state index in [1.807, 2.05) is 12.1 Å². The Morgan fingerprint density at radius 1 is 1.41 bits per heavy atom. The summed E-state index contributed by atoms with van der Waals surface area (Å²) in [6.07, 6.45) is 0.924. The zero-order valence-corrected chi connectivity index (χ0v) is 10.6. The number of fused-ring (bicyclic) bond motifs is 1. The summed E-state index contributed by atoms with van der Waals surface area (Å²) in [5.41, 5.74) is 7.92. The second-order valence-electron chi connectivity index (χ2n) is 4.53. The molecule has 0 atom stereocenters. The molecule has 0 spiro atoms. The topological polar surface area (TPSA) is 84.5 Å². The first-order valence-electron chi connectivity index (χ1n) is 5.39. The van der Waals surface area contributed by atoms with Crippen LogP contribution >= 0.6 is 0 Å². The van der Waals surface area contributed by atoms with E-state index in [1.165, 1.54) is 0 Å². The van der Waals surface area contributed by atoms with Crippen LogP contribution in [0.25, 0.3) is 0 Å². The molecule has 0 aromatic heterocycles. The first-order valence-corrected chi connectivity index (χ1v) is 6.83. The molecule has 0 saturated heterocycles. The monoisotopic (exact) mass is 253 g/mol. The van der Waals surface area contributed by atoms with Crippen LogP contribution in [-0.2, 0) is 16.6 Å². The lowest BCUT2D eigenvalue weighted by Gasteiger charge is -2.17. The van der Waals surface area contributed by atoms with Crippen LogP contribution in [0.3, 0.4) is 0 Å². The first kappa shape index (κ1) is 11.9. The molecule has 0 bridgehead atoms. The van der Waals surface area contributed by atoms with Gasteiger partial charge in [0.25, 0.3) is 0 Å². The highest BCUT2D eigenvalue weighted by Crippen LogP contribution is 2.24. The van der Waals surface area contributed by atoms with E-state index in [9.17, 15) is 8.42 Å². The number of hydrogen-bond donors (Lipinski definition) is 2. The Morgan fingerprint density at radius 2 is 2.12 bits per heavy atom. The smallest absolute Gasteiger partial charge is 0.344 e. The molecule has 6 heteroatoms. The van der Waals surface area contributed by atoms with Crippen LogP contribution in [0.1, 0.15) is 25.0 Å². The molecule has 1 aromatic carbocycles. The average molecular weight is 253 g/mol. The van der Waals surface area contributed by atoms with Crippen molar-refractivity contribution in [3.05, 3.63) is 29.3 Å². The Balaban J connectivity index is 2.44. The van der Waals surface area contributed by atoms with Crippen LogP contribution in [0.5, 0.6) is 0 Å². The molecule has 1 aliphatic rings. The van der Waals surface area contributed by atoms with Crippen molar-refractivity contribution in [3.63, 3.8) is 0 Å². The maximum absolute atomic E-state index is 11.3. The fourth-order valence-electron chi connectivity index (χ4n) is 1.83. The molecule has 2 rings (SSSR count). The highest BCUT2D eigenvalue weighted by molar-refractivity contribution is 7.91. The zero-order valence-electron chi connectivity index (χ0n) is 9.77. The number of anilines is 1. The number of nitrogens with two attached hydrogens (primary N) is 1. The Kier molecular flexibility index (Phi) is 2.82. The molecule has 0 saturated carbocycles. The molecular weight excluding hydrogens is 238 g/mol. The van der Waals surface area contributed by atoms with Crippen LogP contribution in [0.15, 0.2) is 22.6 Å². The number of rotatable bonds is 2. The second-order valence-corrected chi connectivity index (χ2v) is 5.87.